The number of halogens is 1. The molecule has 1 amide bonds. The van der Waals surface area contributed by atoms with E-state index in [1.54, 1.807) is 6.20 Å². The Morgan fingerprint density at radius 1 is 1.07 bits per heavy atom. The Balaban J connectivity index is 1.27. The monoisotopic (exact) mass is 441 g/mol. The van der Waals surface area contributed by atoms with E-state index in [1.165, 1.54) is 0 Å². The summed E-state index contributed by atoms with van der Waals surface area (Å²) in [4.78, 5) is 25.4. The van der Waals surface area contributed by atoms with E-state index in [2.05, 4.69) is 36.0 Å². The standard InChI is InChI=1S/C20H20BrN5O2/c21-16-6-7-17(22-14-16)25-10-12-26(13-11-25)19(27)9-8-18-23-20(24-28-18)15-4-2-1-3-5-15/h1-7,14H,8-13H2. The summed E-state index contributed by atoms with van der Waals surface area (Å²) in [6.07, 6.45) is 2.61. The van der Waals surface area contributed by atoms with Gasteiger partial charge in [-0.1, -0.05) is 35.5 Å². The molecule has 1 fully saturated rings. The van der Waals surface area contributed by atoms with Crippen LogP contribution in [0.15, 0.2) is 57.7 Å². The Bertz CT molecular complexity index is 921. The van der Waals surface area contributed by atoms with Gasteiger partial charge in [-0.15, -0.1) is 0 Å². The van der Waals surface area contributed by atoms with Crippen LogP contribution in [-0.2, 0) is 11.2 Å². The molecule has 0 atom stereocenters. The number of anilines is 1. The van der Waals surface area contributed by atoms with E-state index in [1.807, 2.05) is 47.4 Å². The van der Waals surface area contributed by atoms with Gasteiger partial charge in [0.15, 0.2) is 0 Å². The first-order valence-electron chi connectivity index (χ1n) is 9.21. The fourth-order valence-corrected chi connectivity index (χ4v) is 3.41. The van der Waals surface area contributed by atoms with E-state index in [0.717, 1.165) is 28.9 Å². The second-order valence-corrected chi connectivity index (χ2v) is 7.50. The molecular formula is C20H20BrN5O2. The number of carbonyl (C=O) groups is 1. The lowest BCUT2D eigenvalue weighted by Gasteiger charge is -2.35. The summed E-state index contributed by atoms with van der Waals surface area (Å²) < 4.78 is 6.25. The SMILES string of the molecule is O=C(CCc1nc(-c2ccccc2)no1)N1CCN(c2ccc(Br)cn2)CC1. The molecule has 3 heterocycles. The van der Waals surface area contributed by atoms with Crippen LogP contribution in [0.25, 0.3) is 11.4 Å². The second-order valence-electron chi connectivity index (χ2n) is 6.58. The first-order chi connectivity index (χ1) is 13.7. The van der Waals surface area contributed by atoms with Gasteiger partial charge in [-0.2, -0.15) is 4.98 Å². The predicted octanol–water partition coefficient (Wildman–Crippen LogP) is 3.18. The molecule has 3 aromatic rings. The zero-order chi connectivity index (χ0) is 19.3. The topological polar surface area (TPSA) is 75.4 Å². The Morgan fingerprint density at radius 3 is 2.57 bits per heavy atom. The van der Waals surface area contributed by atoms with Gasteiger partial charge in [0.2, 0.25) is 17.6 Å². The van der Waals surface area contributed by atoms with Gasteiger partial charge >= 0.3 is 0 Å². The highest BCUT2D eigenvalue weighted by molar-refractivity contribution is 9.10. The summed E-state index contributed by atoms with van der Waals surface area (Å²) in [5.74, 6) is 2.10. The van der Waals surface area contributed by atoms with E-state index in [9.17, 15) is 4.79 Å². The molecule has 0 unspecified atom stereocenters. The van der Waals surface area contributed by atoms with Crippen LogP contribution in [0.4, 0.5) is 5.82 Å². The van der Waals surface area contributed by atoms with Crippen LogP contribution >= 0.6 is 15.9 Å². The molecule has 0 bridgehead atoms. The van der Waals surface area contributed by atoms with Gasteiger partial charge in [-0.3, -0.25) is 4.79 Å². The van der Waals surface area contributed by atoms with E-state index in [0.29, 0.717) is 37.6 Å². The second kappa shape index (κ2) is 8.52. The molecule has 0 spiro atoms. The van der Waals surface area contributed by atoms with Crippen molar-refractivity contribution in [2.75, 3.05) is 31.1 Å². The molecule has 2 aromatic heterocycles. The molecule has 1 aliphatic rings. The van der Waals surface area contributed by atoms with Crippen molar-refractivity contribution in [1.82, 2.24) is 20.0 Å². The number of hydrogen-bond donors (Lipinski definition) is 0. The summed E-state index contributed by atoms with van der Waals surface area (Å²) in [7, 11) is 0. The third-order valence-electron chi connectivity index (χ3n) is 4.72. The molecule has 1 aromatic carbocycles. The number of aromatic nitrogens is 3. The molecule has 0 aliphatic carbocycles. The summed E-state index contributed by atoms with van der Waals surface area (Å²) in [6.45, 7) is 2.93. The van der Waals surface area contributed by atoms with Crippen LogP contribution < -0.4 is 4.90 Å². The lowest BCUT2D eigenvalue weighted by atomic mass is 10.2. The number of benzene rings is 1. The van der Waals surface area contributed by atoms with Gasteiger partial charge in [-0.05, 0) is 28.1 Å². The summed E-state index contributed by atoms with van der Waals surface area (Å²) in [5, 5.41) is 4.00. The van der Waals surface area contributed by atoms with E-state index in [4.69, 9.17) is 4.52 Å². The average molecular weight is 442 g/mol. The Labute approximate surface area is 171 Å². The normalized spacial score (nSPS) is 14.3. The molecular weight excluding hydrogens is 422 g/mol. The van der Waals surface area contributed by atoms with Crippen LogP contribution in [-0.4, -0.2) is 52.1 Å². The summed E-state index contributed by atoms with van der Waals surface area (Å²) >= 11 is 3.40. The van der Waals surface area contributed by atoms with Gasteiger partial charge < -0.3 is 14.3 Å². The molecule has 7 nitrogen and oxygen atoms in total. The minimum absolute atomic E-state index is 0.114. The van der Waals surface area contributed by atoms with Crippen molar-refractivity contribution in [2.45, 2.75) is 12.8 Å². The lowest BCUT2D eigenvalue weighted by molar-refractivity contribution is -0.131. The lowest BCUT2D eigenvalue weighted by Crippen LogP contribution is -2.49. The van der Waals surface area contributed by atoms with Crippen LogP contribution in [0.3, 0.4) is 0 Å². The maximum atomic E-state index is 12.5. The van der Waals surface area contributed by atoms with Crippen molar-refractivity contribution in [3.05, 3.63) is 59.0 Å². The average Bonchev–Trinajstić information content (AvgIpc) is 3.22. The molecule has 4 rings (SSSR count). The summed E-state index contributed by atoms with van der Waals surface area (Å²) in [5.41, 5.74) is 0.904. The van der Waals surface area contributed by atoms with Crippen LogP contribution in [0.1, 0.15) is 12.3 Å². The quantitative estimate of drug-likeness (QED) is 0.605. The third-order valence-corrected chi connectivity index (χ3v) is 5.19. The first kappa shape index (κ1) is 18.6. The molecule has 1 aliphatic heterocycles. The highest BCUT2D eigenvalue weighted by Crippen LogP contribution is 2.18. The molecule has 1 saturated heterocycles. The third kappa shape index (κ3) is 4.39. The first-order valence-corrected chi connectivity index (χ1v) is 10.0. The van der Waals surface area contributed by atoms with Crippen molar-refractivity contribution in [2.24, 2.45) is 0 Å². The van der Waals surface area contributed by atoms with Gasteiger partial charge in [0.05, 0.1) is 0 Å². The number of pyridine rings is 1. The Hall–Kier alpha value is -2.74. The number of amides is 1. The van der Waals surface area contributed by atoms with Gasteiger partial charge in [0, 0.05) is 55.3 Å². The minimum Gasteiger partial charge on any atom is -0.353 e. The predicted molar refractivity (Wildman–Crippen MR) is 109 cm³/mol. The molecule has 0 N–H and O–H groups in total. The zero-order valence-corrected chi connectivity index (χ0v) is 16.9. The van der Waals surface area contributed by atoms with Crippen molar-refractivity contribution in [3.8, 4) is 11.4 Å². The summed E-state index contributed by atoms with van der Waals surface area (Å²) in [6, 6.07) is 13.6. The van der Waals surface area contributed by atoms with Crippen molar-refractivity contribution < 1.29 is 9.32 Å². The Morgan fingerprint density at radius 2 is 1.86 bits per heavy atom. The number of aryl methyl sites for hydroxylation is 1. The van der Waals surface area contributed by atoms with Gasteiger partial charge in [-0.25, -0.2) is 4.98 Å². The number of carbonyl (C=O) groups excluding carboxylic acids is 1. The van der Waals surface area contributed by atoms with E-state index >= 15 is 0 Å². The zero-order valence-electron chi connectivity index (χ0n) is 15.3. The number of piperazine rings is 1. The highest BCUT2D eigenvalue weighted by Gasteiger charge is 2.22. The van der Waals surface area contributed by atoms with Gasteiger partial charge in [0.1, 0.15) is 5.82 Å². The minimum atomic E-state index is 0.114. The number of hydrogen-bond acceptors (Lipinski definition) is 6. The molecule has 144 valence electrons. The molecule has 8 heteroatoms. The van der Waals surface area contributed by atoms with E-state index in [-0.39, 0.29) is 5.91 Å². The number of rotatable bonds is 5. The molecule has 0 radical (unpaired) electrons. The van der Waals surface area contributed by atoms with Crippen LogP contribution in [0.2, 0.25) is 0 Å². The largest absolute Gasteiger partial charge is 0.353 e. The highest BCUT2D eigenvalue weighted by atomic mass is 79.9. The maximum absolute atomic E-state index is 12.5. The van der Waals surface area contributed by atoms with Crippen molar-refractivity contribution in [3.63, 3.8) is 0 Å². The van der Waals surface area contributed by atoms with Crippen molar-refractivity contribution >= 4 is 27.7 Å². The van der Waals surface area contributed by atoms with Crippen molar-refractivity contribution in [1.29, 1.82) is 0 Å². The maximum Gasteiger partial charge on any atom is 0.227 e. The molecule has 28 heavy (non-hydrogen) atoms. The van der Waals surface area contributed by atoms with Crippen LogP contribution in [0, 0.1) is 0 Å². The van der Waals surface area contributed by atoms with Crippen LogP contribution in [0.5, 0.6) is 0 Å². The van der Waals surface area contributed by atoms with Gasteiger partial charge in [0.25, 0.3) is 0 Å². The smallest absolute Gasteiger partial charge is 0.227 e. The molecule has 0 saturated carbocycles. The fourth-order valence-electron chi connectivity index (χ4n) is 3.17. The van der Waals surface area contributed by atoms with E-state index < -0.39 is 0 Å². The number of nitrogens with zero attached hydrogens (tertiary/aromatic N) is 5. The Kier molecular flexibility index (Phi) is 5.66. The fraction of sp³-hybridized carbons (Fsp3) is 0.300.